The van der Waals surface area contributed by atoms with Crippen LogP contribution in [-0.4, -0.2) is 61.2 Å². The molecule has 7 N–H and O–H groups in total. The van der Waals surface area contributed by atoms with E-state index in [-0.39, 0.29) is 11.7 Å². The van der Waals surface area contributed by atoms with E-state index in [1.165, 1.54) is 6.34 Å². The van der Waals surface area contributed by atoms with Crippen LogP contribution in [0.3, 0.4) is 0 Å². The van der Waals surface area contributed by atoms with Crippen LogP contribution < -0.4 is 11.5 Å². The summed E-state index contributed by atoms with van der Waals surface area (Å²) in [5.41, 5.74) is 13.7. The first-order chi connectivity index (χ1) is 17.7. The van der Waals surface area contributed by atoms with Gasteiger partial charge in [-0.25, -0.2) is 0 Å². The Morgan fingerprint density at radius 1 is 1.03 bits per heavy atom. The molecule has 9 nitrogen and oxygen atoms in total. The molecule has 204 valence electrons. The molecule has 0 aromatic heterocycles. The van der Waals surface area contributed by atoms with Gasteiger partial charge in [0.05, 0.1) is 25.3 Å². The highest BCUT2D eigenvalue weighted by molar-refractivity contribution is 5.97. The molecule has 0 saturated carbocycles. The summed E-state index contributed by atoms with van der Waals surface area (Å²) in [6.45, 7) is 8.69. The van der Waals surface area contributed by atoms with E-state index in [0.29, 0.717) is 31.8 Å². The van der Waals surface area contributed by atoms with Crippen LogP contribution in [0.4, 0.5) is 0 Å². The second-order valence-electron chi connectivity index (χ2n) is 8.66. The minimum Gasteiger partial charge on any atom is -0.498 e. The first-order valence-corrected chi connectivity index (χ1v) is 12.8. The van der Waals surface area contributed by atoms with Crippen molar-refractivity contribution in [3.05, 3.63) is 71.0 Å². The zero-order chi connectivity index (χ0) is 27.6. The summed E-state index contributed by atoms with van der Waals surface area (Å²) in [5.74, 6) is 1.80. The van der Waals surface area contributed by atoms with Gasteiger partial charge in [-0.2, -0.15) is 0 Å². The molecule has 0 aromatic carbocycles. The monoisotopic (exact) mass is 511 g/mol. The van der Waals surface area contributed by atoms with Crippen molar-refractivity contribution in [1.29, 1.82) is 16.2 Å². The molecule has 0 radical (unpaired) electrons. The number of hydrogen-bond donors (Lipinski definition) is 5. The van der Waals surface area contributed by atoms with Crippen LogP contribution in [0.25, 0.3) is 0 Å². The fourth-order valence-corrected chi connectivity index (χ4v) is 3.40. The third-order valence-corrected chi connectivity index (χ3v) is 5.82. The van der Waals surface area contributed by atoms with Gasteiger partial charge in [-0.15, -0.1) is 0 Å². The van der Waals surface area contributed by atoms with Crippen LogP contribution in [0.5, 0.6) is 0 Å². The van der Waals surface area contributed by atoms with E-state index in [0.717, 1.165) is 55.0 Å². The van der Waals surface area contributed by atoms with Gasteiger partial charge in [0.1, 0.15) is 17.4 Å². The van der Waals surface area contributed by atoms with Crippen molar-refractivity contribution in [2.45, 2.75) is 52.9 Å². The highest BCUT2D eigenvalue weighted by Crippen LogP contribution is 2.12. The normalized spacial score (nSPS) is 14.3. The maximum Gasteiger partial charge on any atom is 0.122 e. The van der Waals surface area contributed by atoms with Crippen LogP contribution >= 0.6 is 0 Å². The molecule has 0 aromatic rings. The zero-order valence-electron chi connectivity index (χ0n) is 22.8. The predicted octanol–water partition coefficient (Wildman–Crippen LogP) is 4.77. The Bertz CT molecular complexity index is 958. The van der Waals surface area contributed by atoms with E-state index in [2.05, 4.69) is 4.90 Å². The molecule has 1 aliphatic carbocycles. The van der Waals surface area contributed by atoms with E-state index in [1.54, 1.807) is 6.08 Å². The summed E-state index contributed by atoms with van der Waals surface area (Å²) in [4.78, 5) is 4.00. The molecular weight excluding hydrogens is 466 g/mol. The maximum absolute atomic E-state index is 7.75. The third kappa shape index (κ3) is 12.7. The topological polar surface area (TPSA) is 149 Å². The fraction of sp³-hybridized carbons (Fsp3) is 0.464. The summed E-state index contributed by atoms with van der Waals surface area (Å²) in [6, 6.07) is 0. The summed E-state index contributed by atoms with van der Waals surface area (Å²) in [7, 11) is 2.03. The molecule has 1 rings (SSSR count). The second kappa shape index (κ2) is 17.6. The SMILES string of the molecule is CC/C(=C\C=C(/CC)C(=N)N)OCCCN(C)/C(C)=C\N(C=N)CCCOC1=CCC=C(C(=N)N)C=C1. The molecule has 0 saturated heterocycles. The van der Waals surface area contributed by atoms with Crippen molar-refractivity contribution in [1.82, 2.24) is 9.80 Å². The number of amidine groups is 2. The Morgan fingerprint density at radius 3 is 2.38 bits per heavy atom. The lowest BCUT2D eigenvalue weighted by molar-refractivity contribution is 0.190. The van der Waals surface area contributed by atoms with Gasteiger partial charge in [0.2, 0.25) is 0 Å². The molecule has 0 heterocycles. The van der Waals surface area contributed by atoms with Crippen molar-refractivity contribution in [2.24, 2.45) is 11.5 Å². The first kappa shape index (κ1) is 31.3. The van der Waals surface area contributed by atoms with Crippen LogP contribution in [0, 0.1) is 16.2 Å². The molecule has 0 bridgehead atoms. The molecule has 9 heteroatoms. The van der Waals surface area contributed by atoms with Crippen LogP contribution in [0.1, 0.15) is 52.9 Å². The smallest absolute Gasteiger partial charge is 0.122 e. The number of nitrogens with zero attached hydrogens (tertiary/aromatic N) is 2. The molecule has 37 heavy (non-hydrogen) atoms. The number of ether oxygens (including phenoxy) is 2. The number of hydrogen-bond acceptors (Lipinski definition) is 6. The van der Waals surface area contributed by atoms with E-state index in [9.17, 15) is 0 Å². The Kier molecular flexibility index (Phi) is 14.9. The highest BCUT2D eigenvalue weighted by Gasteiger charge is 2.05. The maximum atomic E-state index is 7.75. The van der Waals surface area contributed by atoms with Gasteiger partial charge in [0.25, 0.3) is 0 Å². The summed E-state index contributed by atoms with van der Waals surface area (Å²) < 4.78 is 11.7. The lowest BCUT2D eigenvalue weighted by Gasteiger charge is -2.23. The summed E-state index contributed by atoms with van der Waals surface area (Å²) >= 11 is 0. The van der Waals surface area contributed by atoms with Crippen molar-refractivity contribution in [3.8, 4) is 0 Å². The molecule has 0 amide bonds. The molecule has 0 fully saturated rings. The number of nitrogens with two attached hydrogens (primary N) is 2. The van der Waals surface area contributed by atoms with Gasteiger partial charge in [-0.1, -0.05) is 26.0 Å². The van der Waals surface area contributed by atoms with E-state index < -0.39 is 0 Å². The van der Waals surface area contributed by atoms with Crippen LogP contribution in [0.15, 0.2) is 71.0 Å². The van der Waals surface area contributed by atoms with Gasteiger partial charge < -0.3 is 30.7 Å². The van der Waals surface area contributed by atoms with Gasteiger partial charge in [-0.05, 0) is 62.5 Å². The van der Waals surface area contributed by atoms with Crippen molar-refractivity contribution in [2.75, 3.05) is 33.4 Å². The predicted molar refractivity (Wildman–Crippen MR) is 154 cm³/mol. The van der Waals surface area contributed by atoms with E-state index >= 15 is 0 Å². The summed E-state index contributed by atoms with van der Waals surface area (Å²) in [6.07, 6.45) is 18.4. The average molecular weight is 512 g/mol. The van der Waals surface area contributed by atoms with Crippen LogP contribution in [0.2, 0.25) is 0 Å². The molecule has 0 unspecified atom stereocenters. The molecule has 1 aliphatic rings. The largest absolute Gasteiger partial charge is 0.498 e. The lowest BCUT2D eigenvalue weighted by Crippen LogP contribution is -2.24. The quantitative estimate of drug-likeness (QED) is 0.0588. The minimum atomic E-state index is 0.0544. The first-order valence-electron chi connectivity index (χ1n) is 12.8. The number of nitrogens with one attached hydrogen (secondary N) is 3. The van der Waals surface area contributed by atoms with E-state index in [1.807, 2.05) is 69.3 Å². The molecular formula is C28H45N7O2. The van der Waals surface area contributed by atoms with Gasteiger partial charge in [-0.3, -0.25) is 16.2 Å². The van der Waals surface area contributed by atoms with Gasteiger partial charge in [0, 0.05) is 44.0 Å². The van der Waals surface area contributed by atoms with Gasteiger partial charge >= 0.3 is 0 Å². The van der Waals surface area contributed by atoms with Crippen molar-refractivity contribution >= 4 is 18.0 Å². The Morgan fingerprint density at radius 2 is 1.76 bits per heavy atom. The average Bonchev–Trinajstić information content (AvgIpc) is 3.12. The van der Waals surface area contributed by atoms with Gasteiger partial charge in [0.15, 0.2) is 0 Å². The molecule has 0 aliphatic heterocycles. The standard InChI is InChI=1S/C28H45N7O2/c1-5-23(27(30)31)12-14-25(6-2)36-18-8-16-34(4)22(3)20-35(21-29)17-9-19-37-26-11-7-10-24(13-15-26)28(32)33/h10-15,20-21,29H,5-9,16-19H2,1-4H3,(H3,30,31)(H3,32,33)/b22-20-,23-12+,25-14+,29-21?. The fourth-order valence-electron chi connectivity index (χ4n) is 3.40. The number of rotatable bonds is 18. The minimum absolute atomic E-state index is 0.0544. The Balaban J connectivity index is 2.43. The highest BCUT2D eigenvalue weighted by atomic mass is 16.5. The van der Waals surface area contributed by atoms with E-state index in [4.69, 9.17) is 37.2 Å². The lowest BCUT2D eigenvalue weighted by atomic mass is 10.1. The zero-order valence-corrected chi connectivity index (χ0v) is 22.8. The third-order valence-electron chi connectivity index (χ3n) is 5.82. The molecule has 0 atom stereocenters. The Labute approximate surface area is 222 Å². The van der Waals surface area contributed by atoms with Crippen LogP contribution in [-0.2, 0) is 9.47 Å². The van der Waals surface area contributed by atoms with Crippen molar-refractivity contribution in [3.63, 3.8) is 0 Å². The number of allylic oxidation sites excluding steroid dienone is 7. The second-order valence-corrected chi connectivity index (χ2v) is 8.66. The van der Waals surface area contributed by atoms with Crippen molar-refractivity contribution < 1.29 is 9.47 Å². The Hall–Kier alpha value is -3.75. The summed E-state index contributed by atoms with van der Waals surface area (Å²) in [5, 5.41) is 22.9. The molecule has 0 spiro atoms.